The molecule has 0 unspecified atom stereocenters. The number of Topliss-reactive ketones (excluding diaryl/α,β-unsaturated/α-hetero) is 1. The van der Waals surface area contributed by atoms with Crippen LogP contribution in [-0.4, -0.2) is 47.7 Å². The first-order valence-corrected chi connectivity index (χ1v) is 10.4. The van der Waals surface area contributed by atoms with Gasteiger partial charge >= 0.3 is 0 Å². The summed E-state index contributed by atoms with van der Waals surface area (Å²) in [5, 5.41) is 0. The van der Waals surface area contributed by atoms with Crippen molar-refractivity contribution in [2.24, 2.45) is 0 Å². The third-order valence-electron chi connectivity index (χ3n) is 5.71. The second-order valence-electron chi connectivity index (χ2n) is 7.75. The quantitative estimate of drug-likeness (QED) is 0.480. The fraction of sp³-hybridized carbons (Fsp3) is 0.231. The van der Waals surface area contributed by atoms with Gasteiger partial charge in [0.2, 0.25) is 5.78 Å². The molecule has 4 heteroatoms. The van der Waals surface area contributed by atoms with Gasteiger partial charge in [-0.25, -0.2) is 0 Å². The Morgan fingerprint density at radius 3 is 1.70 bits per heavy atom. The molecule has 1 saturated heterocycles. The summed E-state index contributed by atoms with van der Waals surface area (Å²) in [6.07, 6.45) is 0. The van der Waals surface area contributed by atoms with E-state index in [4.69, 9.17) is 0 Å². The molecule has 1 heterocycles. The maximum atomic E-state index is 12.8. The van der Waals surface area contributed by atoms with Gasteiger partial charge in [-0.1, -0.05) is 90.5 Å². The van der Waals surface area contributed by atoms with Crippen molar-refractivity contribution in [2.75, 3.05) is 26.2 Å². The summed E-state index contributed by atoms with van der Waals surface area (Å²) in [6.45, 7) is 4.51. The number of aryl methyl sites for hydroxylation is 1. The van der Waals surface area contributed by atoms with Crippen LogP contribution in [0.15, 0.2) is 84.9 Å². The van der Waals surface area contributed by atoms with E-state index in [1.54, 1.807) is 17.0 Å². The highest BCUT2D eigenvalue weighted by atomic mass is 16.2. The lowest BCUT2D eigenvalue weighted by atomic mass is 9.96. The highest BCUT2D eigenvalue weighted by Gasteiger charge is 2.30. The van der Waals surface area contributed by atoms with E-state index in [1.807, 2.05) is 31.2 Å². The largest absolute Gasteiger partial charge is 0.333 e. The predicted octanol–water partition coefficient (Wildman–Crippen LogP) is 4.11. The highest BCUT2D eigenvalue weighted by molar-refractivity contribution is 6.42. The summed E-state index contributed by atoms with van der Waals surface area (Å²) in [5.41, 5.74) is 4.00. The topological polar surface area (TPSA) is 40.6 Å². The Morgan fingerprint density at radius 1 is 0.700 bits per heavy atom. The third-order valence-corrected chi connectivity index (χ3v) is 5.71. The Bertz CT molecular complexity index is 953. The number of hydrogen-bond acceptors (Lipinski definition) is 3. The van der Waals surface area contributed by atoms with Crippen molar-refractivity contribution >= 4 is 11.7 Å². The fourth-order valence-corrected chi connectivity index (χ4v) is 4.04. The number of amides is 1. The molecule has 0 bridgehead atoms. The summed E-state index contributed by atoms with van der Waals surface area (Å²) >= 11 is 0. The highest BCUT2D eigenvalue weighted by Crippen LogP contribution is 2.29. The van der Waals surface area contributed by atoms with E-state index in [0.29, 0.717) is 18.7 Å². The van der Waals surface area contributed by atoms with Gasteiger partial charge in [-0.2, -0.15) is 0 Å². The Labute approximate surface area is 177 Å². The molecule has 0 atom stereocenters. The van der Waals surface area contributed by atoms with Crippen LogP contribution >= 0.6 is 0 Å². The lowest BCUT2D eigenvalue weighted by molar-refractivity contribution is -0.128. The number of rotatable bonds is 5. The van der Waals surface area contributed by atoms with E-state index in [1.165, 1.54) is 11.1 Å². The lowest BCUT2D eigenvalue weighted by Crippen LogP contribution is -2.51. The van der Waals surface area contributed by atoms with Gasteiger partial charge in [0, 0.05) is 31.7 Å². The van der Waals surface area contributed by atoms with Crippen LogP contribution in [0, 0.1) is 6.92 Å². The lowest BCUT2D eigenvalue weighted by Gasteiger charge is -2.39. The van der Waals surface area contributed by atoms with Crippen LogP contribution in [0.3, 0.4) is 0 Å². The van der Waals surface area contributed by atoms with Crippen LogP contribution in [0.4, 0.5) is 0 Å². The van der Waals surface area contributed by atoms with Gasteiger partial charge < -0.3 is 4.90 Å². The normalized spacial score (nSPS) is 14.7. The van der Waals surface area contributed by atoms with E-state index in [0.717, 1.165) is 18.7 Å². The zero-order chi connectivity index (χ0) is 20.9. The monoisotopic (exact) mass is 398 g/mol. The minimum absolute atomic E-state index is 0.137. The van der Waals surface area contributed by atoms with E-state index >= 15 is 0 Å². The molecule has 4 nitrogen and oxygen atoms in total. The van der Waals surface area contributed by atoms with Gasteiger partial charge in [0.15, 0.2) is 0 Å². The number of carbonyl (C=O) groups is 2. The van der Waals surface area contributed by atoms with E-state index in [2.05, 4.69) is 53.4 Å². The molecule has 1 amide bonds. The van der Waals surface area contributed by atoms with Gasteiger partial charge in [0.05, 0.1) is 6.04 Å². The van der Waals surface area contributed by atoms with Crippen molar-refractivity contribution in [3.8, 4) is 0 Å². The average Bonchev–Trinajstić information content (AvgIpc) is 2.81. The molecule has 0 aromatic heterocycles. The van der Waals surface area contributed by atoms with Crippen LogP contribution in [0.25, 0.3) is 0 Å². The number of ketones is 1. The molecule has 30 heavy (non-hydrogen) atoms. The molecule has 0 spiro atoms. The Balaban J connectivity index is 1.47. The first-order valence-electron chi connectivity index (χ1n) is 10.4. The Kier molecular flexibility index (Phi) is 6.05. The average molecular weight is 399 g/mol. The number of nitrogens with zero attached hydrogens (tertiary/aromatic N) is 2. The molecular formula is C26H26N2O2. The van der Waals surface area contributed by atoms with Crippen molar-refractivity contribution in [3.63, 3.8) is 0 Å². The zero-order valence-electron chi connectivity index (χ0n) is 17.2. The van der Waals surface area contributed by atoms with Crippen LogP contribution < -0.4 is 0 Å². The predicted molar refractivity (Wildman–Crippen MR) is 118 cm³/mol. The number of carbonyl (C=O) groups excluding carboxylic acids is 2. The molecule has 3 aromatic rings. The van der Waals surface area contributed by atoms with Gasteiger partial charge in [0.25, 0.3) is 5.91 Å². The second kappa shape index (κ2) is 9.06. The zero-order valence-corrected chi connectivity index (χ0v) is 17.2. The minimum atomic E-state index is -0.425. The van der Waals surface area contributed by atoms with Crippen molar-refractivity contribution in [1.29, 1.82) is 0 Å². The van der Waals surface area contributed by atoms with Crippen LogP contribution in [0.5, 0.6) is 0 Å². The molecule has 1 fully saturated rings. The Hall–Kier alpha value is -3.24. The first-order chi connectivity index (χ1) is 14.6. The standard InChI is InChI=1S/C26H26N2O2/c1-20-12-14-23(15-13-20)25(29)26(30)28-18-16-27(17-19-28)24(21-8-4-2-5-9-21)22-10-6-3-7-11-22/h2-15,24H,16-19H2,1H3. The van der Waals surface area contributed by atoms with Gasteiger partial charge in [-0.15, -0.1) is 0 Å². The van der Waals surface area contributed by atoms with Crippen molar-refractivity contribution < 1.29 is 9.59 Å². The summed E-state index contributed by atoms with van der Waals surface area (Å²) in [6, 6.07) is 28.2. The summed E-state index contributed by atoms with van der Waals surface area (Å²) in [5.74, 6) is -0.833. The second-order valence-corrected chi connectivity index (χ2v) is 7.75. The summed E-state index contributed by atoms with van der Waals surface area (Å²) in [7, 11) is 0. The molecule has 1 aliphatic rings. The molecule has 0 radical (unpaired) electrons. The molecule has 152 valence electrons. The molecule has 1 aliphatic heterocycles. The third kappa shape index (κ3) is 4.34. The van der Waals surface area contributed by atoms with Gasteiger partial charge in [0.1, 0.15) is 0 Å². The molecule has 0 N–H and O–H groups in total. The minimum Gasteiger partial charge on any atom is -0.333 e. The maximum absolute atomic E-state index is 12.8. The molecule has 0 saturated carbocycles. The fourth-order valence-electron chi connectivity index (χ4n) is 4.04. The SMILES string of the molecule is Cc1ccc(C(=O)C(=O)N2CCN(C(c3ccccc3)c3ccccc3)CC2)cc1. The van der Waals surface area contributed by atoms with Crippen molar-refractivity contribution in [2.45, 2.75) is 13.0 Å². The van der Waals surface area contributed by atoms with Crippen molar-refractivity contribution in [1.82, 2.24) is 9.80 Å². The van der Waals surface area contributed by atoms with Crippen LogP contribution in [-0.2, 0) is 4.79 Å². The first kappa shape index (κ1) is 20.0. The van der Waals surface area contributed by atoms with E-state index in [-0.39, 0.29) is 6.04 Å². The van der Waals surface area contributed by atoms with E-state index in [9.17, 15) is 9.59 Å². The molecular weight excluding hydrogens is 372 g/mol. The van der Waals surface area contributed by atoms with Crippen LogP contribution in [0.1, 0.15) is 33.1 Å². The number of hydrogen-bond donors (Lipinski definition) is 0. The number of benzene rings is 3. The van der Waals surface area contributed by atoms with Gasteiger partial charge in [-0.3, -0.25) is 14.5 Å². The van der Waals surface area contributed by atoms with E-state index < -0.39 is 11.7 Å². The maximum Gasteiger partial charge on any atom is 0.295 e. The van der Waals surface area contributed by atoms with Gasteiger partial charge in [-0.05, 0) is 18.1 Å². The summed E-state index contributed by atoms with van der Waals surface area (Å²) < 4.78 is 0. The van der Waals surface area contributed by atoms with Crippen LogP contribution in [0.2, 0.25) is 0 Å². The molecule has 3 aromatic carbocycles. The number of piperazine rings is 1. The molecule has 0 aliphatic carbocycles. The smallest absolute Gasteiger partial charge is 0.295 e. The summed E-state index contributed by atoms with van der Waals surface area (Å²) in [4.78, 5) is 29.4. The Morgan fingerprint density at radius 2 is 1.20 bits per heavy atom. The van der Waals surface area contributed by atoms with Crippen molar-refractivity contribution in [3.05, 3.63) is 107 Å². The molecule has 4 rings (SSSR count).